The first kappa shape index (κ1) is 14.8. The van der Waals surface area contributed by atoms with Crippen molar-refractivity contribution >= 4 is 16.9 Å². The van der Waals surface area contributed by atoms with Crippen LogP contribution in [-0.2, 0) is 6.42 Å². The number of hydrogen-bond donors (Lipinski definition) is 1. The maximum atomic E-state index is 13.7. The Balaban J connectivity index is 1.47. The molecule has 1 aromatic carbocycles. The minimum Gasteiger partial charge on any atom is -0.344 e. The van der Waals surface area contributed by atoms with E-state index in [-0.39, 0.29) is 5.91 Å². The smallest absolute Gasteiger partial charge is 0.256 e. The molecule has 1 fully saturated rings. The van der Waals surface area contributed by atoms with E-state index in [1.165, 1.54) is 24.9 Å². The Kier molecular flexibility index (Phi) is 3.72. The molecule has 0 bridgehead atoms. The van der Waals surface area contributed by atoms with Gasteiger partial charge in [-0.2, -0.15) is 4.98 Å². The third-order valence-electron chi connectivity index (χ3n) is 4.50. The van der Waals surface area contributed by atoms with Crippen LogP contribution in [0.4, 0.5) is 4.39 Å². The summed E-state index contributed by atoms with van der Waals surface area (Å²) < 4.78 is 18.5. The molecule has 1 aliphatic heterocycles. The summed E-state index contributed by atoms with van der Waals surface area (Å²) in [4.78, 5) is 25.5. The third kappa shape index (κ3) is 2.75. The van der Waals surface area contributed by atoms with Gasteiger partial charge in [-0.25, -0.2) is 9.37 Å². The van der Waals surface area contributed by atoms with Gasteiger partial charge >= 0.3 is 0 Å². The van der Waals surface area contributed by atoms with E-state index in [2.05, 4.69) is 20.1 Å². The first-order chi connectivity index (χ1) is 11.7. The van der Waals surface area contributed by atoms with Crippen LogP contribution in [0.3, 0.4) is 0 Å². The number of halogens is 1. The molecule has 0 unspecified atom stereocenters. The maximum Gasteiger partial charge on any atom is 0.256 e. The van der Waals surface area contributed by atoms with Gasteiger partial charge < -0.3 is 14.4 Å². The van der Waals surface area contributed by atoms with Gasteiger partial charge in [0.15, 0.2) is 5.82 Å². The molecule has 3 heterocycles. The second kappa shape index (κ2) is 6.03. The molecule has 7 nitrogen and oxygen atoms in total. The number of imidazole rings is 1. The first-order valence-corrected chi connectivity index (χ1v) is 7.88. The van der Waals surface area contributed by atoms with Crippen molar-refractivity contribution in [1.29, 1.82) is 0 Å². The molecule has 0 saturated carbocycles. The van der Waals surface area contributed by atoms with Crippen molar-refractivity contribution in [2.24, 2.45) is 5.92 Å². The summed E-state index contributed by atoms with van der Waals surface area (Å²) in [6.07, 6.45) is 5.27. The number of likely N-dealkylation sites (tertiary alicyclic amines) is 1. The van der Waals surface area contributed by atoms with Crippen LogP contribution in [0, 0.1) is 11.7 Å². The minimum absolute atomic E-state index is 0.176. The zero-order chi connectivity index (χ0) is 16.5. The Morgan fingerprint density at radius 2 is 2.17 bits per heavy atom. The van der Waals surface area contributed by atoms with Crippen LogP contribution in [0.5, 0.6) is 0 Å². The first-order valence-electron chi connectivity index (χ1n) is 7.88. The zero-order valence-electron chi connectivity index (χ0n) is 12.9. The third-order valence-corrected chi connectivity index (χ3v) is 4.50. The highest BCUT2D eigenvalue weighted by Crippen LogP contribution is 2.24. The molecule has 0 radical (unpaired) electrons. The number of carbonyl (C=O) groups excluding carboxylic acids is 1. The number of aromatic nitrogens is 4. The lowest BCUT2D eigenvalue weighted by atomic mass is 9.93. The van der Waals surface area contributed by atoms with E-state index in [4.69, 9.17) is 4.52 Å². The highest BCUT2D eigenvalue weighted by Gasteiger charge is 2.26. The fraction of sp³-hybridized carbons (Fsp3) is 0.375. The van der Waals surface area contributed by atoms with Gasteiger partial charge in [0.05, 0.1) is 17.4 Å². The molecule has 1 saturated heterocycles. The normalized spacial score (nSPS) is 16.0. The van der Waals surface area contributed by atoms with Crippen LogP contribution in [0.25, 0.3) is 11.0 Å². The second-order valence-corrected chi connectivity index (χ2v) is 6.04. The van der Waals surface area contributed by atoms with E-state index in [0.29, 0.717) is 41.4 Å². The Morgan fingerprint density at radius 1 is 1.33 bits per heavy atom. The van der Waals surface area contributed by atoms with Crippen molar-refractivity contribution in [1.82, 2.24) is 25.0 Å². The molecule has 24 heavy (non-hydrogen) atoms. The van der Waals surface area contributed by atoms with E-state index in [1.54, 1.807) is 4.90 Å². The van der Waals surface area contributed by atoms with E-state index in [1.807, 2.05) is 0 Å². The van der Waals surface area contributed by atoms with Crippen LogP contribution < -0.4 is 0 Å². The number of fused-ring (bicyclic) bond motifs is 1. The highest BCUT2D eigenvalue weighted by atomic mass is 19.1. The maximum absolute atomic E-state index is 13.7. The van der Waals surface area contributed by atoms with Crippen LogP contribution in [0.2, 0.25) is 0 Å². The molecule has 0 spiro atoms. The van der Waals surface area contributed by atoms with Crippen molar-refractivity contribution in [2.75, 3.05) is 13.1 Å². The Bertz CT molecular complexity index is 853. The number of rotatable bonds is 3. The van der Waals surface area contributed by atoms with E-state index in [9.17, 15) is 9.18 Å². The summed E-state index contributed by atoms with van der Waals surface area (Å²) in [5.41, 5.74) is 1.35. The van der Waals surface area contributed by atoms with Crippen LogP contribution in [0.1, 0.15) is 29.0 Å². The van der Waals surface area contributed by atoms with E-state index >= 15 is 0 Å². The number of amides is 1. The number of nitrogens with zero attached hydrogens (tertiary/aromatic N) is 4. The Labute approximate surface area is 136 Å². The average molecular weight is 329 g/mol. The Morgan fingerprint density at radius 3 is 2.92 bits per heavy atom. The van der Waals surface area contributed by atoms with Crippen molar-refractivity contribution < 1.29 is 13.7 Å². The largest absolute Gasteiger partial charge is 0.344 e. The minimum atomic E-state index is -0.443. The number of nitrogens with one attached hydrogen (secondary N) is 1. The number of piperidine rings is 1. The van der Waals surface area contributed by atoms with Gasteiger partial charge in [0.1, 0.15) is 11.3 Å². The molecular weight excluding hydrogens is 313 g/mol. The standard InChI is InChI=1S/C16H16FN5O2/c17-11-6-12(15-13(7-11)18-8-19-15)16(23)22-3-1-10(2-4-22)5-14-20-9-24-21-14/h6-10H,1-5H2,(H,18,19). The number of benzene rings is 1. The van der Waals surface area contributed by atoms with Crippen molar-refractivity contribution in [3.63, 3.8) is 0 Å². The van der Waals surface area contributed by atoms with Gasteiger partial charge in [-0.3, -0.25) is 4.79 Å². The van der Waals surface area contributed by atoms with Crippen LogP contribution in [0.15, 0.2) is 29.4 Å². The van der Waals surface area contributed by atoms with Gasteiger partial charge in [-0.05, 0) is 30.9 Å². The zero-order valence-corrected chi connectivity index (χ0v) is 12.9. The van der Waals surface area contributed by atoms with Crippen LogP contribution in [-0.4, -0.2) is 44.0 Å². The molecule has 1 N–H and O–H groups in total. The molecule has 1 aliphatic rings. The molecule has 0 aliphatic carbocycles. The lowest BCUT2D eigenvalue weighted by molar-refractivity contribution is 0.0691. The predicted molar refractivity (Wildman–Crippen MR) is 82.7 cm³/mol. The summed E-state index contributed by atoms with van der Waals surface area (Å²) >= 11 is 0. The predicted octanol–water partition coefficient (Wildman–Crippen LogP) is 2.18. The molecular formula is C16H16FN5O2. The summed E-state index contributed by atoms with van der Waals surface area (Å²) in [6.45, 7) is 1.26. The molecule has 124 valence electrons. The topological polar surface area (TPSA) is 87.9 Å². The van der Waals surface area contributed by atoms with Crippen molar-refractivity contribution in [3.05, 3.63) is 42.1 Å². The SMILES string of the molecule is O=C(c1cc(F)cc2[nH]cnc12)N1CCC(Cc2ncon2)CC1. The molecule has 2 aromatic heterocycles. The average Bonchev–Trinajstić information content (AvgIpc) is 3.25. The summed E-state index contributed by atoms with van der Waals surface area (Å²) in [5.74, 6) is 0.499. The fourth-order valence-electron chi connectivity index (χ4n) is 3.23. The van der Waals surface area contributed by atoms with Crippen LogP contribution >= 0.6 is 0 Å². The van der Waals surface area contributed by atoms with Gasteiger partial charge in [-0.1, -0.05) is 5.16 Å². The van der Waals surface area contributed by atoms with E-state index < -0.39 is 5.82 Å². The summed E-state index contributed by atoms with van der Waals surface area (Å²) in [7, 11) is 0. The Hall–Kier alpha value is -2.77. The highest BCUT2D eigenvalue weighted by molar-refractivity contribution is 6.04. The van der Waals surface area contributed by atoms with Crippen molar-refractivity contribution in [3.8, 4) is 0 Å². The lowest BCUT2D eigenvalue weighted by Gasteiger charge is -2.31. The second-order valence-electron chi connectivity index (χ2n) is 6.04. The summed E-state index contributed by atoms with van der Waals surface area (Å²) in [5, 5.41) is 3.83. The molecule has 4 rings (SSSR count). The monoisotopic (exact) mass is 329 g/mol. The number of H-pyrrole nitrogens is 1. The van der Waals surface area contributed by atoms with Gasteiger partial charge in [-0.15, -0.1) is 0 Å². The van der Waals surface area contributed by atoms with Gasteiger partial charge in [0.2, 0.25) is 6.39 Å². The molecule has 0 atom stereocenters. The quantitative estimate of drug-likeness (QED) is 0.796. The molecule has 8 heteroatoms. The lowest BCUT2D eigenvalue weighted by Crippen LogP contribution is -2.39. The van der Waals surface area contributed by atoms with Gasteiger partial charge in [0, 0.05) is 19.5 Å². The molecule has 3 aromatic rings. The van der Waals surface area contributed by atoms with Crippen molar-refractivity contribution in [2.45, 2.75) is 19.3 Å². The fourth-order valence-corrected chi connectivity index (χ4v) is 3.23. The number of aromatic amines is 1. The summed E-state index contributed by atoms with van der Waals surface area (Å²) in [6, 6.07) is 2.60. The van der Waals surface area contributed by atoms with Gasteiger partial charge in [0.25, 0.3) is 5.91 Å². The number of carbonyl (C=O) groups is 1. The number of hydrogen-bond acceptors (Lipinski definition) is 5. The molecule has 1 amide bonds. The van der Waals surface area contributed by atoms with E-state index in [0.717, 1.165) is 19.3 Å².